The molecule has 0 bridgehead atoms. The van der Waals surface area contributed by atoms with Crippen LogP contribution in [0, 0.1) is 0 Å². The molecule has 1 amide bonds. The van der Waals surface area contributed by atoms with Crippen molar-refractivity contribution >= 4 is 40.2 Å². The average molecular weight is 491 g/mol. The van der Waals surface area contributed by atoms with E-state index in [-0.39, 0.29) is 11.3 Å². The van der Waals surface area contributed by atoms with Crippen LogP contribution in [-0.2, 0) is 10.2 Å². The molecule has 3 N–H and O–H groups in total. The predicted octanol–water partition coefficient (Wildman–Crippen LogP) is 5.79. The number of rotatable bonds is 5. The molecule has 5 rings (SSSR count). The van der Waals surface area contributed by atoms with Crippen molar-refractivity contribution in [1.82, 2.24) is 9.97 Å². The molecule has 3 heterocycles. The third-order valence-electron chi connectivity index (χ3n) is 6.19. The molecule has 34 heavy (non-hydrogen) atoms. The number of aromatic nitrogens is 2. The first kappa shape index (κ1) is 22.5. The van der Waals surface area contributed by atoms with Crippen LogP contribution in [0.1, 0.15) is 33.8 Å². The average Bonchev–Trinajstić information content (AvgIpc) is 3.37. The highest BCUT2D eigenvalue weighted by Crippen LogP contribution is 2.43. The number of anilines is 2. The Morgan fingerprint density at radius 2 is 1.82 bits per heavy atom. The van der Waals surface area contributed by atoms with Crippen molar-refractivity contribution in [2.45, 2.75) is 18.3 Å². The first-order chi connectivity index (χ1) is 16.5. The molecule has 0 atom stereocenters. The van der Waals surface area contributed by atoms with Gasteiger partial charge in [-0.2, -0.15) is 0 Å². The molecule has 4 aromatic rings. The van der Waals surface area contributed by atoms with Gasteiger partial charge in [0.05, 0.1) is 22.5 Å². The van der Waals surface area contributed by atoms with E-state index in [0.717, 1.165) is 34.7 Å². The molecule has 0 unspecified atom stereocenters. The van der Waals surface area contributed by atoms with Crippen LogP contribution in [0.2, 0.25) is 5.15 Å². The van der Waals surface area contributed by atoms with Crippen molar-refractivity contribution in [3.8, 4) is 11.3 Å². The molecule has 1 aliphatic rings. The Kier molecular flexibility index (Phi) is 6.32. The highest BCUT2D eigenvalue weighted by molar-refractivity contribution is 7.10. The van der Waals surface area contributed by atoms with Crippen LogP contribution in [0.5, 0.6) is 0 Å². The number of halogens is 1. The molecule has 0 spiro atoms. The van der Waals surface area contributed by atoms with Gasteiger partial charge in [0, 0.05) is 35.9 Å². The fourth-order valence-electron chi connectivity index (χ4n) is 4.25. The minimum atomic E-state index is -0.264. The summed E-state index contributed by atoms with van der Waals surface area (Å²) in [6.45, 7) is 1.32. The monoisotopic (exact) mass is 490 g/mol. The minimum Gasteiger partial charge on any atom is -0.397 e. The van der Waals surface area contributed by atoms with E-state index >= 15 is 0 Å². The van der Waals surface area contributed by atoms with E-state index in [1.54, 1.807) is 35.7 Å². The van der Waals surface area contributed by atoms with E-state index in [0.29, 0.717) is 35.3 Å². The number of nitrogen functional groups attached to an aromatic ring is 1. The maximum Gasteiger partial charge on any atom is 0.255 e. The number of ether oxygens (including phenoxy) is 1. The number of benzene rings is 2. The van der Waals surface area contributed by atoms with Gasteiger partial charge < -0.3 is 15.8 Å². The topological polar surface area (TPSA) is 90.1 Å². The van der Waals surface area contributed by atoms with Crippen molar-refractivity contribution < 1.29 is 9.53 Å². The number of carbonyl (C=O) groups is 1. The minimum absolute atomic E-state index is 0.197. The van der Waals surface area contributed by atoms with Gasteiger partial charge in [-0.25, -0.2) is 9.97 Å². The Bertz CT molecular complexity index is 1300. The van der Waals surface area contributed by atoms with E-state index in [1.165, 1.54) is 0 Å². The third kappa shape index (κ3) is 4.42. The number of nitrogens with zero attached hydrogens (tertiary/aromatic N) is 2. The second kappa shape index (κ2) is 9.54. The van der Waals surface area contributed by atoms with Crippen molar-refractivity contribution in [3.63, 3.8) is 0 Å². The molecule has 2 aromatic carbocycles. The van der Waals surface area contributed by atoms with Gasteiger partial charge in [0.15, 0.2) is 0 Å². The summed E-state index contributed by atoms with van der Waals surface area (Å²) in [5.74, 6) is -0.197. The zero-order valence-corrected chi connectivity index (χ0v) is 19.9. The van der Waals surface area contributed by atoms with Gasteiger partial charge in [-0.05, 0) is 54.8 Å². The summed E-state index contributed by atoms with van der Waals surface area (Å²) in [4.78, 5) is 21.9. The van der Waals surface area contributed by atoms with Gasteiger partial charge in [-0.3, -0.25) is 4.79 Å². The molecule has 0 aliphatic carbocycles. The van der Waals surface area contributed by atoms with Crippen molar-refractivity contribution in [3.05, 3.63) is 93.5 Å². The highest BCUT2D eigenvalue weighted by atomic mass is 35.5. The highest BCUT2D eigenvalue weighted by Gasteiger charge is 2.39. The number of hydrogen-bond acceptors (Lipinski definition) is 6. The second-order valence-corrected chi connectivity index (χ2v) is 9.47. The Balaban J connectivity index is 1.43. The number of nitrogens with two attached hydrogens (primary N) is 1. The van der Waals surface area contributed by atoms with Crippen LogP contribution in [0.15, 0.2) is 72.2 Å². The van der Waals surface area contributed by atoms with E-state index < -0.39 is 0 Å². The largest absolute Gasteiger partial charge is 0.397 e. The van der Waals surface area contributed by atoms with E-state index in [2.05, 4.69) is 15.7 Å². The number of carbonyl (C=O) groups excluding carboxylic acids is 1. The smallest absolute Gasteiger partial charge is 0.255 e. The van der Waals surface area contributed by atoms with Crippen LogP contribution in [0.3, 0.4) is 0 Å². The summed E-state index contributed by atoms with van der Waals surface area (Å²) < 4.78 is 5.69. The third-order valence-corrected chi connectivity index (χ3v) is 7.46. The van der Waals surface area contributed by atoms with Gasteiger partial charge in [0.25, 0.3) is 5.91 Å². The van der Waals surface area contributed by atoms with Crippen LogP contribution >= 0.6 is 22.9 Å². The van der Waals surface area contributed by atoms with Crippen LogP contribution in [0.25, 0.3) is 11.3 Å². The molecule has 1 fully saturated rings. The van der Waals surface area contributed by atoms with Crippen molar-refractivity contribution in [1.29, 1.82) is 0 Å². The first-order valence-electron chi connectivity index (χ1n) is 11.0. The summed E-state index contributed by atoms with van der Waals surface area (Å²) in [7, 11) is 0. The molecular formula is C26H23ClN4O2S. The molecule has 2 aromatic heterocycles. The standard InChI is InChI=1S/C26H23ClN4O2S/c27-23-10-7-18(15-29-23)22-16-34-25(31-22)26(11-13-33-14-12-26)19-8-5-17(6-9-19)24(32)30-21-4-2-1-3-20(21)28/h1-10,15-16H,11-14,28H2,(H,30,32). The van der Waals surface area contributed by atoms with Crippen LogP contribution in [0.4, 0.5) is 11.4 Å². The van der Waals surface area contributed by atoms with Gasteiger partial charge in [-0.1, -0.05) is 35.9 Å². The maximum absolute atomic E-state index is 12.8. The van der Waals surface area contributed by atoms with Gasteiger partial charge in [0.2, 0.25) is 0 Å². The fraction of sp³-hybridized carbons (Fsp3) is 0.192. The molecule has 0 saturated carbocycles. The summed E-state index contributed by atoms with van der Waals surface area (Å²) in [5.41, 5.74) is 10.3. The Morgan fingerprint density at radius 1 is 1.06 bits per heavy atom. The fourth-order valence-corrected chi connectivity index (χ4v) is 5.47. The second-order valence-electron chi connectivity index (χ2n) is 8.22. The summed E-state index contributed by atoms with van der Waals surface area (Å²) in [6, 6.07) is 18.7. The maximum atomic E-state index is 12.8. The molecule has 1 aliphatic heterocycles. The Labute approximate surface area is 206 Å². The van der Waals surface area contributed by atoms with E-state index in [9.17, 15) is 4.79 Å². The SMILES string of the molecule is Nc1ccccc1NC(=O)c1ccc(C2(c3nc(-c4ccc(Cl)nc4)cs3)CCOCC2)cc1. The lowest BCUT2D eigenvalue weighted by Gasteiger charge is -2.36. The summed E-state index contributed by atoms with van der Waals surface area (Å²) >= 11 is 7.58. The lowest BCUT2D eigenvalue weighted by molar-refractivity contribution is 0.0630. The van der Waals surface area contributed by atoms with E-state index in [1.807, 2.05) is 42.5 Å². The van der Waals surface area contributed by atoms with Crippen molar-refractivity contribution in [2.24, 2.45) is 0 Å². The molecule has 8 heteroatoms. The number of amides is 1. The van der Waals surface area contributed by atoms with Gasteiger partial charge >= 0.3 is 0 Å². The number of thiazole rings is 1. The zero-order valence-electron chi connectivity index (χ0n) is 18.3. The molecule has 0 radical (unpaired) electrons. The van der Waals surface area contributed by atoms with Crippen molar-refractivity contribution in [2.75, 3.05) is 24.3 Å². The molecule has 6 nitrogen and oxygen atoms in total. The zero-order chi connectivity index (χ0) is 23.5. The van der Waals surface area contributed by atoms with Gasteiger partial charge in [0.1, 0.15) is 10.2 Å². The number of hydrogen-bond donors (Lipinski definition) is 2. The quantitative estimate of drug-likeness (QED) is 0.273. The normalized spacial score (nSPS) is 15.1. The number of nitrogens with one attached hydrogen (secondary N) is 1. The molecule has 172 valence electrons. The number of para-hydroxylation sites is 2. The summed E-state index contributed by atoms with van der Waals surface area (Å²) in [6.07, 6.45) is 3.39. The Morgan fingerprint density at radius 3 is 2.53 bits per heavy atom. The first-order valence-corrected chi connectivity index (χ1v) is 12.2. The van der Waals surface area contributed by atoms with Gasteiger partial charge in [-0.15, -0.1) is 11.3 Å². The lowest BCUT2D eigenvalue weighted by atomic mass is 9.74. The molecular weight excluding hydrogens is 468 g/mol. The van der Waals surface area contributed by atoms with E-state index in [4.69, 9.17) is 27.1 Å². The predicted molar refractivity (Wildman–Crippen MR) is 136 cm³/mol. The Hall–Kier alpha value is -3.26. The van der Waals surface area contributed by atoms with Crippen LogP contribution < -0.4 is 11.1 Å². The lowest BCUT2D eigenvalue weighted by Crippen LogP contribution is -2.35. The molecule has 1 saturated heterocycles. The summed E-state index contributed by atoms with van der Waals surface area (Å²) in [5, 5.41) is 6.44. The van der Waals surface area contributed by atoms with Crippen LogP contribution in [-0.4, -0.2) is 29.1 Å². The number of pyridine rings is 1.